The number of hydrogen-bond donors (Lipinski definition) is 1. The summed E-state index contributed by atoms with van der Waals surface area (Å²) < 4.78 is 10.9. The van der Waals surface area contributed by atoms with Gasteiger partial charge >= 0.3 is 0 Å². The van der Waals surface area contributed by atoms with Gasteiger partial charge in [0.2, 0.25) is 5.91 Å². The Bertz CT molecular complexity index is 665. The Hall–Kier alpha value is -1.50. The highest BCUT2D eigenvalue weighted by molar-refractivity contribution is 5.85. The van der Waals surface area contributed by atoms with Crippen LogP contribution in [0.1, 0.15) is 31.2 Å². The number of aryl methyl sites for hydroxylation is 1. The standard InChI is InChI=1S/C18H25N3O3.2ClH/c1-3-19-12-14-6-8-21(9-7-14)17(22)11-15-13(2)24-18(20-15)16-5-4-10-23-16;;/h4-5,10,14,19H,3,6-9,11-12H2,1-2H3;2*1H. The van der Waals surface area contributed by atoms with Crippen LogP contribution in [-0.4, -0.2) is 42.0 Å². The van der Waals surface area contributed by atoms with Crippen LogP contribution in [0.4, 0.5) is 0 Å². The molecule has 2 aromatic heterocycles. The van der Waals surface area contributed by atoms with Crippen molar-refractivity contribution in [2.24, 2.45) is 5.92 Å². The summed E-state index contributed by atoms with van der Waals surface area (Å²) in [5.74, 6) is 2.50. The quantitative estimate of drug-likeness (QED) is 0.798. The van der Waals surface area contributed by atoms with Gasteiger partial charge in [0.05, 0.1) is 18.4 Å². The van der Waals surface area contributed by atoms with Gasteiger partial charge in [-0.25, -0.2) is 4.98 Å². The SMILES string of the molecule is CCNCC1CCN(C(=O)Cc2nc(-c3ccco3)oc2C)CC1.Cl.Cl. The number of piperidine rings is 1. The molecule has 0 radical (unpaired) electrons. The lowest BCUT2D eigenvalue weighted by atomic mass is 9.96. The number of amides is 1. The van der Waals surface area contributed by atoms with Crippen LogP contribution in [0.15, 0.2) is 27.2 Å². The molecule has 3 rings (SSSR count). The third-order valence-electron chi connectivity index (χ3n) is 4.59. The van der Waals surface area contributed by atoms with E-state index in [1.807, 2.05) is 11.8 Å². The average molecular weight is 404 g/mol. The van der Waals surface area contributed by atoms with E-state index in [2.05, 4.69) is 17.2 Å². The minimum absolute atomic E-state index is 0. The number of hydrogen-bond acceptors (Lipinski definition) is 5. The van der Waals surface area contributed by atoms with Gasteiger partial charge in [0.1, 0.15) is 5.76 Å². The van der Waals surface area contributed by atoms with Crippen molar-refractivity contribution < 1.29 is 13.6 Å². The van der Waals surface area contributed by atoms with E-state index < -0.39 is 0 Å². The fourth-order valence-electron chi connectivity index (χ4n) is 3.09. The van der Waals surface area contributed by atoms with E-state index in [1.165, 1.54) is 0 Å². The predicted octanol–water partition coefficient (Wildman–Crippen LogP) is 3.48. The lowest BCUT2D eigenvalue weighted by molar-refractivity contribution is -0.131. The van der Waals surface area contributed by atoms with Crippen LogP contribution in [0.2, 0.25) is 0 Å². The number of halogens is 2. The summed E-state index contributed by atoms with van der Waals surface area (Å²) in [5, 5.41) is 3.39. The van der Waals surface area contributed by atoms with Crippen molar-refractivity contribution in [3.63, 3.8) is 0 Å². The summed E-state index contributed by atoms with van der Waals surface area (Å²) in [6.45, 7) is 7.67. The molecule has 0 spiro atoms. The van der Waals surface area contributed by atoms with Crippen molar-refractivity contribution in [1.82, 2.24) is 15.2 Å². The largest absolute Gasteiger partial charge is 0.459 e. The van der Waals surface area contributed by atoms with Crippen LogP contribution in [-0.2, 0) is 11.2 Å². The smallest absolute Gasteiger partial charge is 0.263 e. The molecule has 1 amide bonds. The van der Waals surface area contributed by atoms with Crippen molar-refractivity contribution in [1.29, 1.82) is 0 Å². The van der Waals surface area contributed by atoms with Gasteiger partial charge < -0.3 is 19.1 Å². The topological polar surface area (TPSA) is 71.5 Å². The number of carbonyl (C=O) groups is 1. The Morgan fingerprint density at radius 2 is 2.08 bits per heavy atom. The van der Waals surface area contributed by atoms with Crippen LogP contribution in [0, 0.1) is 12.8 Å². The third-order valence-corrected chi connectivity index (χ3v) is 4.59. The Labute approximate surface area is 166 Å². The third kappa shape index (κ3) is 5.50. The molecule has 1 N–H and O–H groups in total. The molecule has 1 saturated heterocycles. The van der Waals surface area contributed by atoms with E-state index in [0.29, 0.717) is 29.0 Å². The number of nitrogens with zero attached hydrogens (tertiary/aromatic N) is 2. The van der Waals surface area contributed by atoms with E-state index in [9.17, 15) is 4.79 Å². The number of rotatable bonds is 6. The maximum absolute atomic E-state index is 12.5. The van der Waals surface area contributed by atoms with Crippen molar-refractivity contribution in [2.45, 2.75) is 33.1 Å². The first kappa shape index (κ1) is 22.5. The Morgan fingerprint density at radius 3 is 2.69 bits per heavy atom. The zero-order valence-electron chi connectivity index (χ0n) is 15.2. The fourth-order valence-corrected chi connectivity index (χ4v) is 3.09. The number of likely N-dealkylation sites (tertiary alicyclic amines) is 1. The van der Waals surface area contributed by atoms with Gasteiger partial charge in [-0.05, 0) is 50.9 Å². The molecule has 26 heavy (non-hydrogen) atoms. The summed E-state index contributed by atoms with van der Waals surface area (Å²) >= 11 is 0. The molecule has 0 aromatic carbocycles. The lowest BCUT2D eigenvalue weighted by Crippen LogP contribution is -2.41. The second-order valence-electron chi connectivity index (χ2n) is 6.31. The van der Waals surface area contributed by atoms with Crippen molar-refractivity contribution in [3.8, 4) is 11.7 Å². The molecule has 146 valence electrons. The molecule has 6 nitrogen and oxygen atoms in total. The van der Waals surface area contributed by atoms with Gasteiger partial charge in [-0.2, -0.15) is 0 Å². The highest BCUT2D eigenvalue weighted by Crippen LogP contribution is 2.23. The first-order valence-corrected chi connectivity index (χ1v) is 8.66. The van der Waals surface area contributed by atoms with Crippen LogP contribution in [0.3, 0.4) is 0 Å². The van der Waals surface area contributed by atoms with Crippen molar-refractivity contribution >= 4 is 30.7 Å². The van der Waals surface area contributed by atoms with Crippen LogP contribution in [0.5, 0.6) is 0 Å². The highest BCUT2D eigenvalue weighted by atomic mass is 35.5. The summed E-state index contributed by atoms with van der Waals surface area (Å²) in [7, 11) is 0. The molecule has 0 saturated carbocycles. The number of oxazole rings is 1. The number of aromatic nitrogens is 1. The second-order valence-corrected chi connectivity index (χ2v) is 6.31. The summed E-state index contributed by atoms with van der Waals surface area (Å²) in [6.07, 6.45) is 3.99. The zero-order valence-corrected chi connectivity index (χ0v) is 16.8. The maximum atomic E-state index is 12.5. The van der Waals surface area contributed by atoms with Crippen LogP contribution in [0.25, 0.3) is 11.7 Å². The molecule has 0 unspecified atom stereocenters. The molecule has 0 atom stereocenters. The Kier molecular flexibility index (Phi) is 9.19. The molecule has 0 bridgehead atoms. The highest BCUT2D eigenvalue weighted by Gasteiger charge is 2.24. The van der Waals surface area contributed by atoms with Crippen LogP contribution >= 0.6 is 24.8 Å². The van der Waals surface area contributed by atoms with Gasteiger partial charge in [-0.3, -0.25) is 4.79 Å². The van der Waals surface area contributed by atoms with Gasteiger partial charge in [0.25, 0.3) is 5.89 Å². The Morgan fingerprint density at radius 1 is 1.35 bits per heavy atom. The van der Waals surface area contributed by atoms with Crippen molar-refractivity contribution in [2.75, 3.05) is 26.2 Å². The second kappa shape index (κ2) is 10.6. The summed E-state index contributed by atoms with van der Waals surface area (Å²) in [4.78, 5) is 18.9. The normalized spacial score (nSPS) is 14.6. The molecular weight excluding hydrogens is 377 g/mol. The van der Waals surface area contributed by atoms with E-state index in [0.717, 1.165) is 39.0 Å². The van der Waals surface area contributed by atoms with Gasteiger partial charge in [0.15, 0.2) is 5.76 Å². The molecule has 8 heteroatoms. The van der Waals surface area contributed by atoms with E-state index >= 15 is 0 Å². The average Bonchev–Trinajstić information content (AvgIpc) is 3.24. The number of furan rings is 1. The Balaban J connectivity index is 0.00000169. The lowest BCUT2D eigenvalue weighted by Gasteiger charge is -2.32. The van der Waals surface area contributed by atoms with Crippen molar-refractivity contribution in [3.05, 3.63) is 29.9 Å². The first-order chi connectivity index (χ1) is 11.7. The number of nitrogens with one attached hydrogen (secondary N) is 1. The number of carbonyl (C=O) groups excluding carboxylic acids is 1. The molecule has 1 aliphatic heterocycles. The monoisotopic (exact) mass is 403 g/mol. The summed E-state index contributed by atoms with van der Waals surface area (Å²) in [5.41, 5.74) is 0.696. The van der Waals surface area contributed by atoms with E-state index in [1.54, 1.807) is 18.4 Å². The minimum Gasteiger partial charge on any atom is -0.459 e. The fraction of sp³-hybridized carbons (Fsp3) is 0.556. The zero-order chi connectivity index (χ0) is 16.9. The molecule has 3 heterocycles. The van der Waals surface area contributed by atoms with Gasteiger partial charge in [-0.1, -0.05) is 6.92 Å². The van der Waals surface area contributed by atoms with Gasteiger partial charge in [-0.15, -0.1) is 24.8 Å². The minimum atomic E-state index is 0. The molecule has 2 aromatic rings. The molecule has 1 aliphatic rings. The van der Waals surface area contributed by atoms with Gasteiger partial charge in [0, 0.05) is 13.1 Å². The summed E-state index contributed by atoms with van der Waals surface area (Å²) in [6, 6.07) is 3.59. The van der Waals surface area contributed by atoms with E-state index in [4.69, 9.17) is 8.83 Å². The molecule has 1 fully saturated rings. The van der Waals surface area contributed by atoms with Crippen LogP contribution < -0.4 is 5.32 Å². The van der Waals surface area contributed by atoms with E-state index in [-0.39, 0.29) is 37.1 Å². The predicted molar refractivity (Wildman–Crippen MR) is 105 cm³/mol. The molecule has 0 aliphatic carbocycles. The first-order valence-electron chi connectivity index (χ1n) is 8.66. The molecular formula is C18H27Cl2N3O3. The maximum Gasteiger partial charge on any atom is 0.263 e.